The van der Waals surface area contributed by atoms with Gasteiger partial charge in [-0.1, -0.05) is 113 Å². The van der Waals surface area contributed by atoms with Crippen LogP contribution in [0.3, 0.4) is 0 Å². The smallest absolute Gasteiger partial charge is 0.240 e. The van der Waals surface area contributed by atoms with E-state index >= 15 is 0 Å². The molecule has 0 unspecified atom stereocenters. The van der Waals surface area contributed by atoms with Crippen LogP contribution in [0.25, 0.3) is 16.9 Å². The van der Waals surface area contributed by atoms with Crippen molar-refractivity contribution in [1.29, 1.82) is 0 Å². The van der Waals surface area contributed by atoms with Gasteiger partial charge >= 0.3 is 0 Å². The molecular weight excluding hydrogens is 432 g/mol. The van der Waals surface area contributed by atoms with Gasteiger partial charge < -0.3 is 0 Å². The lowest BCUT2D eigenvalue weighted by atomic mass is 10.1. The Hall–Kier alpha value is -3.21. The molecule has 3 rings (SSSR count). The van der Waals surface area contributed by atoms with Crippen LogP contribution < -0.4 is 5.43 Å². The first kappa shape index (κ1) is 26.4. The molecule has 5 heteroatoms. The Morgan fingerprint density at radius 3 is 2.17 bits per heavy atom. The molecule has 0 radical (unpaired) electrons. The Morgan fingerprint density at radius 2 is 1.51 bits per heavy atom. The Bertz CT molecular complexity index is 1040. The number of nitrogens with zero attached hydrogens (tertiary/aromatic N) is 3. The van der Waals surface area contributed by atoms with E-state index in [9.17, 15) is 4.79 Å². The molecule has 1 aromatic heterocycles. The second-order valence-corrected chi connectivity index (χ2v) is 9.30. The summed E-state index contributed by atoms with van der Waals surface area (Å²) in [5.41, 5.74) is 7.58. The van der Waals surface area contributed by atoms with E-state index in [0.29, 0.717) is 6.42 Å². The number of carbonyl (C=O) groups is 1. The molecule has 0 fully saturated rings. The number of benzene rings is 2. The zero-order valence-corrected chi connectivity index (χ0v) is 21.4. The zero-order valence-electron chi connectivity index (χ0n) is 21.4. The number of nitrogens with one attached hydrogen (secondary N) is 1. The predicted octanol–water partition coefficient (Wildman–Crippen LogP) is 7.61. The molecule has 0 bridgehead atoms. The number of hydrogen-bond acceptors (Lipinski definition) is 3. The number of unbranched alkanes of at least 4 members (excludes halogenated alkanes) is 9. The van der Waals surface area contributed by atoms with Crippen molar-refractivity contribution in [3.63, 3.8) is 0 Å². The van der Waals surface area contributed by atoms with E-state index < -0.39 is 0 Å². The number of para-hydroxylation sites is 1. The van der Waals surface area contributed by atoms with Crippen molar-refractivity contribution in [2.24, 2.45) is 5.10 Å². The zero-order chi connectivity index (χ0) is 24.7. The highest BCUT2D eigenvalue weighted by Gasteiger charge is 2.11. The third-order valence-corrected chi connectivity index (χ3v) is 6.24. The molecule has 35 heavy (non-hydrogen) atoms. The maximum Gasteiger partial charge on any atom is 0.240 e. The lowest BCUT2D eigenvalue weighted by Gasteiger charge is -2.02. The summed E-state index contributed by atoms with van der Waals surface area (Å²) < 4.78 is 1.85. The van der Waals surface area contributed by atoms with Crippen LogP contribution in [0, 0.1) is 6.92 Å². The molecule has 1 heterocycles. The SMILES string of the molecule is CCCCCCCCCCCCC(=O)N/N=C/c1cn(-c2ccccc2)nc1-c1ccc(C)cc1. The largest absolute Gasteiger partial charge is 0.273 e. The van der Waals surface area contributed by atoms with Crippen molar-refractivity contribution < 1.29 is 4.79 Å². The molecule has 0 aliphatic heterocycles. The minimum Gasteiger partial charge on any atom is -0.273 e. The molecule has 0 spiro atoms. The van der Waals surface area contributed by atoms with Gasteiger partial charge in [-0.25, -0.2) is 10.1 Å². The van der Waals surface area contributed by atoms with Crippen LogP contribution >= 0.6 is 0 Å². The fourth-order valence-electron chi connectivity index (χ4n) is 4.13. The number of hydrogen-bond donors (Lipinski definition) is 1. The highest BCUT2D eigenvalue weighted by atomic mass is 16.2. The van der Waals surface area contributed by atoms with Crippen LogP contribution in [-0.4, -0.2) is 21.9 Å². The van der Waals surface area contributed by atoms with Gasteiger partial charge in [0.15, 0.2) is 0 Å². The quantitative estimate of drug-likeness (QED) is 0.141. The summed E-state index contributed by atoms with van der Waals surface area (Å²) >= 11 is 0. The van der Waals surface area contributed by atoms with Crippen molar-refractivity contribution in [1.82, 2.24) is 15.2 Å². The van der Waals surface area contributed by atoms with Crippen molar-refractivity contribution in [2.75, 3.05) is 0 Å². The predicted molar refractivity (Wildman–Crippen MR) is 146 cm³/mol. The van der Waals surface area contributed by atoms with Gasteiger partial charge in [0, 0.05) is 23.7 Å². The first-order valence-corrected chi connectivity index (χ1v) is 13.2. The van der Waals surface area contributed by atoms with Crippen LogP contribution in [0.15, 0.2) is 65.9 Å². The molecule has 1 N–H and O–H groups in total. The molecule has 1 amide bonds. The molecule has 2 aromatic carbocycles. The van der Waals surface area contributed by atoms with Gasteiger partial charge in [0.05, 0.1) is 11.9 Å². The fraction of sp³-hybridized carbons (Fsp3) is 0.433. The van der Waals surface area contributed by atoms with Crippen molar-refractivity contribution in [2.45, 2.75) is 84.5 Å². The molecule has 3 aromatic rings. The van der Waals surface area contributed by atoms with Crippen LogP contribution in [0.2, 0.25) is 0 Å². The number of hydrazone groups is 1. The summed E-state index contributed by atoms with van der Waals surface area (Å²) in [5.74, 6) is -0.0341. The van der Waals surface area contributed by atoms with Gasteiger partial charge in [0.1, 0.15) is 5.69 Å². The van der Waals surface area contributed by atoms with E-state index in [1.54, 1.807) is 6.21 Å². The maximum absolute atomic E-state index is 12.2. The lowest BCUT2D eigenvalue weighted by Crippen LogP contribution is -2.16. The van der Waals surface area contributed by atoms with E-state index in [4.69, 9.17) is 5.10 Å². The average molecular weight is 473 g/mol. The summed E-state index contributed by atoms with van der Waals surface area (Å²) in [6, 6.07) is 18.3. The van der Waals surface area contributed by atoms with Crippen LogP contribution in [0.5, 0.6) is 0 Å². The highest BCUT2D eigenvalue weighted by molar-refractivity contribution is 5.89. The van der Waals surface area contributed by atoms with Gasteiger partial charge in [0.25, 0.3) is 0 Å². The average Bonchev–Trinajstić information content (AvgIpc) is 3.30. The number of aryl methyl sites for hydroxylation is 1. The molecule has 5 nitrogen and oxygen atoms in total. The monoisotopic (exact) mass is 472 g/mol. The van der Waals surface area contributed by atoms with E-state index in [0.717, 1.165) is 35.3 Å². The standard InChI is InChI=1S/C30H40N4O/c1-3-4-5-6-7-8-9-10-11-15-18-29(35)32-31-23-27-24-34(28-16-13-12-14-17-28)33-30(27)26-21-19-25(2)20-22-26/h12-14,16-17,19-24H,3-11,15,18H2,1-2H3,(H,32,35)/b31-23+. The first-order valence-electron chi connectivity index (χ1n) is 13.2. The number of amides is 1. The van der Waals surface area contributed by atoms with Crippen molar-refractivity contribution in [3.05, 3.63) is 71.9 Å². The minimum absolute atomic E-state index is 0.0341. The van der Waals surface area contributed by atoms with Gasteiger partial charge in [-0.2, -0.15) is 10.2 Å². The summed E-state index contributed by atoms with van der Waals surface area (Å²) in [4.78, 5) is 12.2. The second kappa shape index (κ2) is 14.9. The van der Waals surface area contributed by atoms with E-state index in [1.807, 2.05) is 41.2 Å². The van der Waals surface area contributed by atoms with E-state index in [1.165, 1.54) is 56.9 Å². The molecule has 0 aliphatic carbocycles. The van der Waals surface area contributed by atoms with E-state index in [2.05, 4.69) is 48.6 Å². The topological polar surface area (TPSA) is 59.3 Å². The molecular formula is C30H40N4O. The summed E-state index contributed by atoms with van der Waals surface area (Å²) in [7, 11) is 0. The van der Waals surface area contributed by atoms with Crippen LogP contribution in [0.4, 0.5) is 0 Å². The second-order valence-electron chi connectivity index (χ2n) is 9.30. The van der Waals surface area contributed by atoms with Crippen molar-refractivity contribution >= 4 is 12.1 Å². The summed E-state index contributed by atoms with van der Waals surface area (Å²) in [6.07, 6.45) is 16.7. The van der Waals surface area contributed by atoms with Gasteiger partial charge in [-0.15, -0.1) is 0 Å². The third-order valence-electron chi connectivity index (χ3n) is 6.24. The summed E-state index contributed by atoms with van der Waals surface area (Å²) in [5, 5.41) is 9.03. The molecule has 0 saturated carbocycles. The Labute approximate surface area is 210 Å². The number of aromatic nitrogens is 2. The van der Waals surface area contributed by atoms with E-state index in [-0.39, 0.29) is 5.91 Å². The highest BCUT2D eigenvalue weighted by Crippen LogP contribution is 2.23. The fourth-order valence-corrected chi connectivity index (χ4v) is 4.13. The third kappa shape index (κ3) is 9.16. The molecule has 0 atom stereocenters. The van der Waals surface area contributed by atoms with Crippen LogP contribution in [-0.2, 0) is 4.79 Å². The normalized spacial score (nSPS) is 11.3. The lowest BCUT2D eigenvalue weighted by molar-refractivity contribution is -0.121. The molecule has 186 valence electrons. The Morgan fingerprint density at radius 1 is 0.886 bits per heavy atom. The number of rotatable bonds is 15. The Kier molecular flexibility index (Phi) is 11.3. The summed E-state index contributed by atoms with van der Waals surface area (Å²) in [6.45, 7) is 4.32. The molecule has 0 aliphatic rings. The van der Waals surface area contributed by atoms with Crippen molar-refractivity contribution in [3.8, 4) is 16.9 Å². The van der Waals surface area contributed by atoms with Gasteiger partial charge in [-0.05, 0) is 25.5 Å². The first-order chi connectivity index (χ1) is 17.2. The minimum atomic E-state index is -0.0341. The van der Waals surface area contributed by atoms with Gasteiger partial charge in [0.2, 0.25) is 5.91 Å². The number of carbonyl (C=O) groups excluding carboxylic acids is 1. The molecule has 0 saturated heterocycles. The van der Waals surface area contributed by atoms with Gasteiger partial charge in [-0.3, -0.25) is 4.79 Å². The Balaban J connectivity index is 1.48. The van der Waals surface area contributed by atoms with Crippen LogP contribution in [0.1, 0.15) is 88.7 Å². The maximum atomic E-state index is 12.2.